The van der Waals surface area contributed by atoms with Gasteiger partial charge in [0.05, 0.1) is 0 Å². The topological polar surface area (TPSA) is 31.6 Å². The van der Waals surface area contributed by atoms with Crippen molar-refractivity contribution in [1.29, 1.82) is 0 Å². The van der Waals surface area contributed by atoms with E-state index in [-0.39, 0.29) is 0 Å². The zero-order valence-corrected chi connectivity index (χ0v) is 15.7. The van der Waals surface area contributed by atoms with Gasteiger partial charge in [-0.1, -0.05) is 24.8 Å². The van der Waals surface area contributed by atoms with E-state index in [4.69, 9.17) is 13.3 Å². The van der Waals surface area contributed by atoms with Gasteiger partial charge in [0.1, 0.15) is 16.9 Å². The van der Waals surface area contributed by atoms with Crippen LogP contribution < -0.4 is 4.43 Å². The third kappa shape index (κ3) is 4.01. The predicted octanol–water partition coefficient (Wildman–Crippen LogP) is 5.47. The van der Waals surface area contributed by atoms with Crippen LogP contribution in [0.15, 0.2) is 35.3 Å². The van der Waals surface area contributed by atoms with E-state index in [1.807, 2.05) is 24.3 Å². The van der Waals surface area contributed by atoms with E-state index in [9.17, 15) is 0 Å². The van der Waals surface area contributed by atoms with Gasteiger partial charge in [-0.05, 0) is 45.3 Å². The molecular weight excluding hydrogens is 296 g/mol. The molecule has 0 saturated heterocycles. The Labute approximate surface area is 128 Å². The fourth-order valence-electron chi connectivity index (χ4n) is 2.06. The smallest absolute Gasteiger partial charge is 0.283 e. The summed E-state index contributed by atoms with van der Waals surface area (Å²) in [4.78, 5) is 0. The summed E-state index contributed by atoms with van der Waals surface area (Å²) in [6.45, 7) is 16.9. The molecule has 1 aromatic heterocycles. The maximum Gasteiger partial charge on any atom is 0.283 e. The number of para-hydroxylation sites is 1. The molecule has 0 aliphatic rings. The molecule has 0 amide bonds. The van der Waals surface area contributed by atoms with Crippen molar-refractivity contribution in [2.75, 3.05) is 0 Å². The summed E-state index contributed by atoms with van der Waals surface area (Å²) in [5, 5.41) is 0.994. The van der Waals surface area contributed by atoms with Crippen molar-refractivity contribution >= 4 is 33.4 Å². The molecule has 0 saturated carbocycles. The van der Waals surface area contributed by atoms with Gasteiger partial charge >= 0.3 is 0 Å². The lowest BCUT2D eigenvalue weighted by molar-refractivity contribution is 0.398. The average Bonchev–Trinajstić information content (AvgIpc) is 2.61. The fraction of sp³-hybridized carbons (Fsp3) is 0.375. The fourth-order valence-corrected chi connectivity index (χ4v) is 3.60. The summed E-state index contributed by atoms with van der Waals surface area (Å²) in [6.07, 6.45) is 0. The van der Waals surface area contributed by atoms with Crippen LogP contribution in [0.2, 0.25) is 39.3 Å². The largest absolute Gasteiger partial charge is 0.544 e. The van der Waals surface area contributed by atoms with Gasteiger partial charge in [0.15, 0.2) is 0 Å². The number of hydrogen-bond donors (Lipinski definition) is 0. The van der Waals surface area contributed by atoms with Gasteiger partial charge in [-0.2, -0.15) is 0 Å². The summed E-state index contributed by atoms with van der Waals surface area (Å²) in [5.74, 6) is 1.19. The predicted molar refractivity (Wildman–Crippen MR) is 93.7 cm³/mol. The van der Waals surface area contributed by atoms with Crippen LogP contribution in [-0.4, -0.2) is 16.6 Å². The minimum atomic E-state index is -1.78. The Morgan fingerprint density at radius 3 is 2.19 bits per heavy atom. The Balaban J connectivity index is 2.53. The molecule has 0 N–H and O–H groups in total. The van der Waals surface area contributed by atoms with Gasteiger partial charge in [-0.25, -0.2) is 0 Å². The lowest BCUT2D eigenvalue weighted by Crippen LogP contribution is -2.29. The molecule has 2 aromatic rings. The third-order valence-electron chi connectivity index (χ3n) is 2.67. The van der Waals surface area contributed by atoms with Gasteiger partial charge < -0.3 is 13.3 Å². The molecule has 3 nitrogen and oxygen atoms in total. The molecule has 1 aromatic carbocycles. The van der Waals surface area contributed by atoms with Crippen molar-refractivity contribution in [3.05, 3.63) is 36.4 Å². The molecule has 0 spiro atoms. The zero-order valence-electron chi connectivity index (χ0n) is 13.7. The highest BCUT2D eigenvalue weighted by Gasteiger charge is 2.27. The van der Waals surface area contributed by atoms with E-state index >= 15 is 0 Å². The minimum absolute atomic E-state index is 0.540. The SMILES string of the molecule is C=C(O[Si](C)(C)C)c1c(O[Si](C)(C)C)oc2ccccc12. The molecule has 0 aliphatic heterocycles. The zero-order chi connectivity index (χ0) is 15.8. The Hall–Kier alpha value is -1.47. The second kappa shape index (κ2) is 5.38. The Morgan fingerprint density at radius 1 is 1.00 bits per heavy atom. The Bertz CT molecular complexity index is 660. The van der Waals surface area contributed by atoms with Crippen LogP contribution in [0.3, 0.4) is 0 Å². The maximum absolute atomic E-state index is 6.10. The molecule has 114 valence electrons. The average molecular weight is 321 g/mol. The van der Waals surface area contributed by atoms with Crippen molar-refractivity contribution in [2.24, 2.45) is 0 Å². The molecule has 5 heteroatoms. The number of fused-ring (bicyclic) bond motifs is 1. The van der Waals surface area contributed by atoms with Crippen molar-refractivity contribution in [3.8, 4) is 5.95 Å². The van der Waals surface area contributed by atoms with Crippen LogP contribution in [0.1, 0.15) is 5.56 Å². The molecule has 0 atom stereocenters. The molecule has 0 unspecified atom stereocenters. The first-order valence-corrected chi connectivity index (χ1v) is 14.0. The molecular formula is C16H24O3Si2. The van der Waals surface area contributed by atoms with Crippen LogP contribution >= 0.6 is 0 Å². The Morgan fingerprint density at radius 2 is 1.62 bits per heavy atom. The van der Waals surface area contributed by atoms with E-state index < -0.39 is 16.6 Å². The monoisotopic (exact) mass is 320 g/mol. The molecule has 0 aliphatic carbocycles. The van der Waals surface area contributed by atoms with Gasteiger partial charge in [0, 0.05) is 5.39 Å². The summed E-state index contributed by atoms with van der Waals surface area (Å²) in [7, 11) is -3.51. The quantitative estimate of drug-likeness (QED) is 0.541. The van der Waals surface area contributed by atoms with Crippen molar-refractivity contribution < 1.29 is 13.3 Å². The summed E-state index contributed by atoms with van der Waals surface area (Å²) < 4.78 is 18.1. The normalized spacial score (nSPS) is 12.5. The minimum Gasteiger partial charge on any atom is -0.544 e. The van der Waals surface area contributed by atoms with E-state index in [0.717, 1.165) is 16.5 Å². The second-order valence-electron chi connectivity index (χ2n) is 7.11. The van der Waals surface area contributed by atoms with Crippen molar-refractivity contribution in [2.45, 2.75) is 39.3 Å². The number of furan rings is 1. The molecule has 0 bridgehead atoms. The first kappa shape index (κ1) is 15.9. The highest BCUT2D eigenvalue weighted by molar-refractivity contribution is 6.71. The number of rotatable bonds is 5. The second-order valence-corrected chi connectivity index (χ2v) is 16.0. The number of benzene rings is 1. The molecule has 21 heavy (non-hydrogen) atoms. The van der Waals surface area contributed by atoms with Gasteiger partial charge in [-0.15, -0.1) is 0 Å². The lowest BCUT2D eigenvalue weighted by atomic mass is 10.1. The van der Waals surface area contributed by atoms with Gasteiger partial charge in [0.2, 0.25) is 16.6 Å². The molecule has 0 fully saturated rings. The summed E-state index contributed by atoms with van der Waals surface area (Å²) >= 11 is 0. The number of hydrogen-bond acceptors (Lipinski definition) is 3. The van der Waals surface area contributed by atoms with E-state index in [1.165, 1.54) is 0 Å². The van der Waals surface area contributed by atoms with Crippen LogP contribution in [0.5, 0.6) is 5.95 Å². The molecule has 2 rings (SSSR count). The third-order valence-corrected chi connectivity index (χ3v) is 4.33. The van der Waals surface area contributed by atoms with Crippen LogP contribution in [0.25, 0.3) is 16.7 Å². The van der Waals surface area contributed by atoms with Crippen LogP contribution in [0, 0.1) is 0 Å². The molecule has 1 heterocycles. The summed E-state index contributed by atoms with van der Waals surface area (Å²) in [6, 6.07) is 7.90. The van der Waals surface area contributed by atoms with Crippen molar-refractivity contribution in [3.63, 3.8) is 0 Å². The summed E-state index contributed by atoms with van der Waals surface area (Å²) in [5.41, 5.74) is 1.66. The van der Waals surface area contributed by atoms with E-state index in [1.54, 1.807) is 0 Å². The molecule has 0 radical (unpaired) electrons. The van der Waals surface area contributed by atoms with Crippen molar-refractivity contribution in [1.82, 2.24) is 0 Å². The maximum atomic E-state index is 6.10. The van der Waals surface area contributed by atoms with Crippen LogP contribution in [0.4, 0.5) is 0 Å². The highest BCUT2D eigenvalue weighted by atomic mass is 28.4. The van der Waals surface area contributed by atoms with Gasteiger partial charge in [-0.3, -0.25) is 0 Å². The van der Waals surface area contributed by atoms with Gasteiger partial charge in [0.25, 0.3) is 5.95 Å². The first-order chi connectivity index (χ1) is 9.57. The Kier molecular flexibility index (Phi) is 4.08. The highest BCUT2D eigenvalue weighted by Crippen LogP contribution is 2.38. The first-order valence-electron chi connectivity index (χ1n) is 7.16. The van der Waals surface area contributed by atoms with E-state index in [0.29, 0.717) is 11.7 Å². The van der Waals surface area contributed by atoms with E-state index in [2.05, 4.69) is 45.9 Å². The standard InChI is InChI=1S/C16H24O3Si2/c1-12(18-20(2,3)4)15-13-10-8-9-11-14(13)17-16(15)19-21(5,6)7/h8-11H,1H2,2-7H3. The lowest BCUT2D eigenvalue weighted by Gasteiger charge is -2.22. The van der Waals surface area contributed by atoms with Crippen LogP contribution in [-0.2, 0) is 4.43 Å².